The summed E-state index contributed by atoms with van der Waals surface area (Å²) in [5.74, 6) is -0.490. The van der Waals surface area contributed by atoms with Crippen LogP contribution in [0.3, 0.4) is 0 Å². The van der Waals surface area contributed by atoms with Gasteiger partial charge < -0.3 is 21.3 Å². The number of hydrogen-bond donors (Lipinski definition) is 3. The van der Waals surface area contributed by atoms with Crippen molar-refractivity contribution < 1.29 is 14.6 Å². The fraction of sp³-hybridized carbons (Fsp3) is 0.300. The second-order valence-electron chi connectivity index (χ2n) is 3.23. The van der Waals surface area contributed by atoms with Crippen molar-refractivity contribution in [3.63, 3.8) is 0 Å². The third-order valence-corrected chi connectivity index (χ3v) is 2.07. The SMILES string of the molecule is COc1cc(CC(N)C(=O)O)ccc1N. The smallest absolute Gasteiger partial charge is 0.320 e. The number of benzene rings is 1. The average Bonchev–Trinajstić information content (AvgIpc) is 2.20. The van der Waals surface area contributed by atoms with E-state index in [1.54, 1.807) is 18.2 Å². The average molecular weight is 210 g/mol. The minimum atomic E-state index is -1.02. The number of anilines is 1. The highest BCUT2D eigenvalue weighted by atomic mass is 16.5. The van der Waals surface area contributed by atoms with Gasteiger partial charge in [0.15, 0.2) is 0 Å². The van der Waals surface area contributed by atoms with Crippen LogP contribution < -0.4 is 16.2 Å². The molecule has 0 heterocycles. The van der Waals surface area contributed by atoms with Crippen LogP contribution in [0.2, 0.25) is 0 Å². The normalized spacial score (nSPS) is 12.1. The second kappa shape index (κ2) is 4.65. The lowest BCUT2D eigenvalue weighted by molar-refractivity contribution is -0.138. The molecule has 5 N–H and O–H groups in total. The van der Waals surface area contributed by atoms with Crippen LogP contribution in [0.15, 0.2) is 18.2 Å². The molecule has 1 aromatic rings. The maximum atomic E-state index is 10.5. The Balaban J connectivity index is 2.83. The number of carboxylic acid groups (broad SMARTS) is 1. The molecule has 0 saturated heterocycles. The number of aliphatic carboxylic acids is 1. The molecule has 0 aliphatic carbocycles. The van der Waals surface area contributed by atoms with Gasteiger partial charge in [-0.05, 0) is 24.1 Å². The van der Waals surface area contributed by atoms with E-state index in [0.717, 1.165) is 5.56 Å². The fourth-order valence-electron chi connectivity index (χ4n) is 1.22. The van der Waals surface area contributed by atoms with Crippen molar-refractivity contribution in [3.8, 4) is 5.75 Å². The monoisotopic (exact) mass is 210 g/mol. The Labute approximate surface area is 87.6 Å². The van der Waals surface area contributed by atoms with Gasteiger partial charge in [-0.1, -0.05) is 6.07 Å². The molecule has 1 rings (SSSR count). The molecule has 82 valence electrons. The van der Waals surface area contributed by atoms with Crippen LogP contribution in [0.5, 0.6) is 5.75 Å². The van der Waals surface area contributed by atoms with Crippen LogP contribution in [0.1, 0.15) is 5.56 Å². The third-order valence-electron chi connectivity index (χ3n) is 2.07. The molecule has 0 aromatic heterocycles. The minimum Gasteiger partial charge on any atom is -0.495 e. The van der Waals surface area contributed by atoms with E-state index in [0.29, 0.717) is 11.4 Å². The Morgan fingerprint density at radius 3 is 2.80 bits per heavy atom. The van der Waals surface area contributed by atoms with Crippen molar-refractivity contribution in [3.05, 3.63) is 23.8 Å². The zero-order valence-electron chi connectivity index (χ0n) is 8.43. The number of hydrogen-bond acceptors (Lipinski definition) is 4. The van der Waals surface area contributed by atoms with E-state index in [-0.39, 0.29) is 6.42 Å². The molecule has 0 bridgehead atoms. The van der Waals surface area contributed by atoms with E-state index in [9.17, 15) is 4.79 Å². The molecule has 0 radical (unpaired) electrons. The van der Waals surface area contributed by atoms with Gasteiger partial charge in [0.25, 0.3) is 0 Å². The number of ether oxygens (including phenoxy) is 1. The van der Waals surface area contributed by atoms with E-state index >= 15 is 0 Å². The molecule has 15 heavy (non-hydrogen) atoms. The van der Waals surface area contributed by atoms with Gasteiger partial charge in [0.1, 0.15) is 11.8 Å². The van der Waals surface area contributed by atoms with E-state index in [1.807, 2.05) is 0 Å². The van der Waals surface area contributed by atoms with Gasteiger partial charge in [-0.2, -0.15) is 0 Å². The third kappa shape index (κ3) is 2.85. The van der Waals surface area contributed by atoms with Crippen molar-refractivity contribution in [2.24, 2.45) is 5.73 Å². The van der Waals surface area contributed by atoms with E-state index in [2.05, 4.69) is 0 Å². The topological polar surface area (TPSA) is 98.6 Å². The van der Waals surface area contributed by atoms with Gasteiger partial charge in [-0.15, -0.1) is 0 Å². The summed E-state index contributed by atoms with van der Waals surface area (Å²) in [7, 11) is 1.51. The lowest BCUT2D eigenvalue weighted by Gasteiger charge is -2.09. The minimum absolute atomic E-state index is 0.256. The summed E-state index contributed by atoms with van der Waals surface area (Å²) in [6.07, 6.45) is 0.256. The first-order valence-corrected chi connectivity index (χ1v) is 4.45. The Bertz CT molecular complexity index is 366. The molecule has 1 aromatic carbocycles. The van der Waals surface area contributed by atoms with E-state index in [4.69, 9.17) is 21.3 Å². The molecule has 0 amide bonds. The zero-order valence-corrected chi connectivity index (χ0v) is 8.43. The van der Waals surface area contributed by atoms with Crippen molar-refractivity contribution in [2.45, 2.75) is 12.5 Å². The first-order valence-electron chi connectivity index (χ1n) is 4.45. The largest absolute Gasteiger partial charge is 0.495 e. The number of nitrogens with two attached hydrogens (primary N) is 2. The summed E-state index contributed by atoms with van der Waals surface area (Å²) >= 11 is 0. The lowest BCUT2D eigenvalue weighted by Crippen LogP contribution is -2.32. The molecular formula is C10H14N2O3. The molecule has 1 atom stereocenters. The van der Waals surface area contributed by atoms with Crippen LogP contribution in [-0.2, 0) is 11.2 Å². The zero-order chi connectivity index (χ0) is 11.4. The number of carbonyl (C=O) groups is 1. The first kappa shape index (κ1) is 11.3. The number of methoxy groups -OCH3 is 1. The van der Waals surface area contributed by atoms with Gasteiger partial charge in [-0.25, -0.2) is 0 Å². The van der Waals surface area contributed by atoms with Gasteiger partial charge in [0.2, 0.25) is 0 Å². The van der Waals surface area contributed by atoms with Crippen LogP contribution in [0, 0.1) is 0 Å². The van der Waals surface area contributed by atoms with Gasteiger partial charge >= 0.3 is 5.97 Å². The Kier molecular flexibility index (Phi) is 3.51. The van der Waals surface area contributed by atoms with Gasteiger partial charge in [0, 0.05) is 0 Å². The molecule has 0 spiro atoms. The summed E-state index contributed by atoms with van der Waals surface area (Å²) in [5.41, 5.74) is 12.3. The lowest BCUT2D eigenvalue weighted by atomic mass is 10.1. The van der Waals surface area contributed by atoms with Crippen LogP contribution in [0.4, 0.5) is 5.69 Å². The number of carboxylic acids is 1. The highest BCUT2D eigenvalue weighted by molar-refractivity contribution is 5.73. The van der Waals surface area contributed by atoms with E-state index in [1.165, 1.54) is 7.11 Å². The highest BCUT2D eigenvalue weighted by Crippen LogP contribution is 2.22. The van der Waals surface area contributed by atoms with Crippen molar-refractivity contribution >= 4 is 11.7 Å². The Morgan fingerprint density at radius 2 is 2.27 bits per heavy atom. The summed E-state index contributed by atoms with van der Waals surface area (Å²) < 4.78 is 5.01. The summed E-state index contributed by atoms with van der Waals surface area (Å²) in [6, 6.07) is 4.19. The van der Waals surface area contributed by atoms with Crippen molar-refractivity contribution in [2.75, 3.05) is 12.8 Å². The maximum absolute atomic E-state index is 10.5. The fourth-order valence-corrected chi connectivity index (χ4v) is 1.22. The summed E-state index contributed by atoms with van der Waals surface area (Å²) in [5, 5.41) is 8.64. The van der Waals surface area contributed by atoms with Crippen LogP contribution in [-0.4, -0.2) is 24.2 Å². The summed E-state index contributed by atoms with van der Waals surface area (Å²) in [6.45, 7) is 0. The van der Waals surface area contributed by atoms with Crippen molar-refractivity contribution in [1.29, 1.82) is 0 Å². The second-order valence-corrected chi connectivity index (χ2v) is 3.23. The first-order chi connectivity index (χ1) is 7.04. The van der Waals surface area contributed by atoms with Crippen LogP contribution in [0.25, 0.3) is 0 Å². The van der Waals surface area contributed by atoms with Crippen LogP contribution >= 0.6 is 0 Å². The number of rotatable bonds is 4. The molecular weight excluding hydrogens is 196 g/mol. The molecule has 0 fully saturated rings. The molecule has 5 nitrogen and oxygen atoms in total. The molecule has 0 saturated carbocycles. The standard InChI is InChI=1S/C10H14N2O3/c1-15-9-5-6(2-3-7(9)11)4-8(12)10(13)14/h2-3,5,8H,4,11-12H2,1H3,(H,13,14). The van der Waals surface area contributed by atoms with E-state index < -0.39 is 12.0 Å². The maximum Gasteiger partial charge on any atom is 0.320 e. The Morgan fingerprint density at radius 1 is 1.60 bits per heavy atom. The Hall–Kier alpha value is -1.75. The summed E-state index contributed by atoms with van der Waals surface area (Å²) in [4.78, 5) is 10.5. The molecule has 0 aliphatic rings. The predicted molar refractivity (Wildman–Crippen MR) is 56.7 cm³/mol. The molecule has 0 aliphatic heterocycles. The molecule has 1 unspecified atom stereocenters. The highest BCUT2D eigenvalue weighted by Gasteiger charge is 2.12. The van der Waals surface area contributed by atoms with Gasteiger partial charge in [0.05, 0.1) is 12.8 Å². The number of nitrogen functional groups attached to an aromatic ring is 1. The molecule has 5 heteroatoms. The quantitative estimate of drug-likeness (QED) is 0.618. The predicted octanol–water partition coefficient (Wildman–Crippen LogP) is 0.232. The van der Waals surface area contributed by atoms with Crippen molar-refractivity contribution in [1.82, 2.24) is 0 Å². The van der Waals surface area contributed by atoms with Gasteiger partial charge in [-0.3, -0.25) is 4.79 Å².